The first-order valence-electron chi connectivity index (χ1n) is 7.56. The molecule has 2 rings (SSSR count). The Morgan fingerprint density at radius 3 is 2.70 bits per heavy atom. The van der Waals surface area contributed by atoms with E-state index >= 15 is 0 Å². The Hall–Kier alpha value is -0.730. The number of hydrogen-bond acceptors (Lipinski definition) is 2. The predicted molar refractivity (Wildman–Crippen MR) is 85.5 cm³/mol. The summed E-state index contributed by atoms with van der Waals surface area (Å²) in [4.78, 5) is 0. The van der Waals surface area contributed by atoms with Gasteiger partial charge in [0.25, 0.3) is 0 Å². The summed E-state index contributed by atoms with van der Waals surface area (Å²) in [6, 6.07) is 6.55. The van der Waals surface area contributed by atoms with E-state index in [-0.39, 0.29) is 0 Å². The van der Waals surface area contributed by atoms with Gasteiger partial charge in [0.1, 0.15) is 5.75 Å². The van der Waals surface area contributed by atoms with Crippen LogP contribution in [-0.4, -0.2) is 13.7 Å². The fourth-order valence-corrected chi connectivity index (χ4v) is 3.83. The van der Waals surface area contributed by atoms with Crippen LogP contribution in [0.3, 0.4) is 0 Å². The number of ether oxygens (including phenoxy) is 1. The molecule has 1 aromatic carbocycles. The van der Waals surface area contributed by atoms with Crippen LogP contribution in [0.15, 0.2) is 18.2 Å². The monoisotopic (exact) mass is 295 g/mol. The quantitative estimate of drug-likeness (QED) is 0.840. The fourth-order valence-electron chi connectivity index (χ4n) is 3.56. The zero-order valence-corrected chi connectivity index (χ0v) is 13.8. The maximum absolute atomic E-state index is 6.30. The number of benzene rings is 1. The molecular formula is C17H26ClNO. The highest BCUT2D eigenvalue weighted by atomic mass is 35.5. The summed E-state index contributed by atoms with van der Waals surface area (Å²) in [5.41, 5.74) is 1.66. The van der Waals surface area contributed by atoms with Crippen molar-refractivity contribution in [2.75, 3.05) is 13.7 Å². The van der Waals surface area contributed by atoms with Crippen LogP contribution >= 0.6 is 11.6 Å². The van der Waals surface area contributed by atoms with E-state index in [1.165, 1.54) is 24.8 Å². The van der Waals surface area contributed by atoms with Crippen molar-refractivity contribution in [2.45, 2.75) is 46.1 Å². The zero-order valence-electron chi connectivity index (χ0n) is 13.0. The average molecular weight is 296 g/mol. The fraction of sp³-hybridized carbons (Fsp3) is 0.647. The van der Waals surface area contributed by atoms with Crippen molar-refractivity contribution < 1.29 is 4.74 Å². The average Bonchev–Trinajstić information content (AvgIpc) is 2.75. The number of hydrogen-bond donors (Lipinski definition) is 1. The van der Waals surface area contributed by atoms with Gasteiger partial charge >= 0.3 is 0 Å². The second-order valence-electron chi connectivity index (χ2n) is 6.42. The van der Waals surface area contributed by atoms with E-state index in [9.17, 15) is 0 Å². The van der Waals surface area contributed by atoms with Crippen LogP contribution in [0.25, 0.3) is 0 Å². The summed E-state index contributed by atoms with van der Waals surface area (Å²) >= 11 is 6.30. The highest BCUT2D eigenvalue weighted by Crippen LogP contribution is 2.49. The maximum atomic E-state index is 6.30. The van der Waals surface area contributed by atoms with Crippen LogP contribution in [0.2, 0.25) is 5.02 Å². The lowest BCUT2D eigenvalue weighted by Crippen LogP contribution is -2.33. The molecule has 0 saturated heterocycles. The van der Waals surface area contributed by atoms with Crippen molar-refractivity contribution in [1.29, 1.82) is 0 Å². The Kier molecular flexibility index (Phi) is 4.98. The first kappa shape index (κ1) is 15.7. The summed E-state index contributed by atoms with van der Waals surface area (Å²) in [5.74, 6) is 1.41. The van der Waals surface area contributed by atoms with E-state index in [1.54, 1.807) is 7.11 Å². The van der Waals surface area contributed by atoms with Gasteiger partial charge in [-0.3, -0.25) is 0 Å². The van der Waals surface area contributed by atoms with Gasteiger partial charge in [-0.05, 0) is 48.4 Å². The molecule has 0 spiro atoms. The number of nitrogens with one attached hydrogen (secondary N) is 1. The molecule has 1 fully saturated rings. The molecule has 1 saturated carbocycles. The van der Waals surface area contributed by atoms with Crippen molar-refractivity contribution in [3.63, 3.8) is 0 Å². The van der Waals surface area contributed by atoms with Crippen LogP contribution < -0.4 is 10.1 Å². The SMILES string of the molecule is CCNC(c1ccc(OC)c(Cl)c1)C1CCCC1(C)C. The van der Waals surface area contributed by atoms with E-state index in [2.05, 4.69) is 38.2 Å². The molecule has 0 aliphatic heterocycles. The van der Waals surface area contributed by atoms with Crippen molar-refractivity contribution in [2.24, 2.45) is 11.3 Å². The number of methoxy groups -OCH3 is 1. The Balaban J connectivity index is 2.31. The van der Waals surface area contributed by atoms with Gasteiger partial charge in [0, 0.05) is 6.04 Å². The van der Waals surface area contributed by atoms with E-state index in [0.29, 0.717) is 22.4 Å². The lowest BCUT2D eigenvalue weighted by molar-refractivity contribution is 0.199. The molecule has 0 amide bonds. The Labute approximate surface area is 127 Å². The summed E-state index contributed by atoms with van der Waals surface area (Å²) in [7, 11) is 1.66. The molecule has 0 heterocycles. The molecule has 0 radical (unpaired) electrons. The maximum Gasteiger partial charge on any atom is 0.137 e. The first-order chi connectivity index (χ1) is 9.49. The van der Waals surface area contributed by atoms with Crippen LogP contribution in [0.5, 0.6) is 5.75 Å². The van der Waals surface area contributed by atoms with E-state index in [4.69, 9.17) is 16.3 Å². The second kappa shape index (κ2) is 6.36. The van der Waals surface area contributed by atoms with Gasteiger partial charge in [-0.25, -0.2) is 0 Å². The standard InChI is InChI=1S/C17H26ClNO/c1-5-19-16(13-7-6-10-17(13,2)3)12-8-9-15(20-4)14(18)11-12/h8-9,11,13,16,19H,5-7,10H2,1-4H3. The number of halogens is 1. The van der Waals surface area contributed by atoms with Gasteiger partial charge in [0.05, 0.1) is 12.1 Å². The molecule has 1 aliphatic carbocycles. The lowest BCUT2D eigenvalue weighted by atomic mass is 9.75. The predicted octanol–water partition coefficient (Wildman–Crippen LogP) is 4.83. The minimum absolute atomic E-state index is 0.376. The molecule has 0 bridgehead atoms. The van der Waals surface area contributed by atoms with Crippen molar-refractivity contribution >= 4 is 11.6 Å². The Morgan fingerprint density at radius 1 is 1.45 bits per heavy atom. The lowest BCUT2D eigenvalue weighted by Gasteiger charge is -2.35. The molecule has 1 aliphatic rings. The molecule has 112 valence electrons. The minimum atomic E-state index is 0.376. The van der Waals surface area contributed by atoms with Gasteiger partial charge in [-0.15, -0.1) is 0 Å². The highest BCUT2D eigenvalue weighted by molar-refractivity contribution is 6.32. The Morgan fingerprint density at radius 2 is 2.20 bits per heavy atom. The van der Waals surface area contributed by atoms with Gasteiger partial charge in [-0.1, -0.05) is 44.9 Å². The molecule has 2 atom stereocenters. The van der Waals surface area contributed by atoms with Crippen LogP contribution in [0.4, 0.5) is 0 Å². The molecule has 1 aromatic rings. The molecule has 0 aromatic heterocycles. The zero-order chi connectivity index (χ0) is 14.8. The van der Waals surface area contributed by atoms with Crippen molar-refractivity contribution in [3.8, 4) is 5.75 Å². The summed E-state index contributed by atoms with van der Waals surface area (Å²) < 4.78 is 5.25. The smallest absolute Gasteiger partial charge is 0.137 e. The summed E-state index contributed by atoms with van der Waals surface area (Å²) in [5, 5.41) is 4.36. The Bertz CT molecular complexity index is 458. The third-order valence-electron chi connectivity index (χ3n) is 4.70. The van der Waals surface area contributed by atoms with E-state index < -0.39 is 0 Å². The number of rotatable bonds is 5. The normalized spacial score (nSPS) is 22.8. The third kappa shape index (κ3) is 3.12. The molecule has 1 N–H and O–H groups in total. The van der Waals surface area contributed by atoms with Gasteiger partial charge in [0.2, 0.25) is 0 Å². The second-order valence-corrected chi connectivity index (χ2v) is 6.82. The van der Waals surface area contributed by atoms with E-state index in [0.717, 1.165) is 12.3 Å². The van der Waals surface area contributed by atoms with Gasteiger partial charge < -0.3 is 10.1 Å². The highest BCUT2D eigenvalue weighted by Gasteiger charge is 2.39. The molecular weight excluding hydrogens is 270 g/mol. The summed E-state index contributed by atoms with van der Waals surface area (Å²) in [6.07, 6.45) is 3.92. The third-order valence-corrected chi connectivity index (χ3v) is 5.00. The topological polar surface area (TPSA) is 21.3 Å². The van der Waals surface area contributed by atoms with Gasteiger partial charge in [-0.2, -0.15) is 0 Å². The van der Waals surface area contributed by atoms with E-state index in [1.807, 2.05) is 6.07 Å². The van der Waals surface area contributed by atoms with Crippen LogP contribution in [0, 0.1) is 11.3 Å². The molecule has 20 heavy (non-hydrogen) atoms. The molecule has 2 nitrogen and oxygen atoms in total. The molecule has 3 heteroatoms. The van der Waals surface area contributed by atoms with Crippen molar-refractivity contribution in [3.05, 3.63) is 28.8 Å². The minimum Gasteiger partial charge on any atom is -0.495 e. The largest absolute Gasteiger partial charge is 0.495 e. The van der Waals surface area contributed by atoms with Crippen molar-refractivity contribution in [1.82, 2.24) is 5.32 Å². The van der Waals surface area contributed by atoms with Gasteiger partial charge in [0.15, 0.2) is 0 Å². The molecule has 2 unspecified atom stereocenters. The summed E-state index contributed by atoms with van der Waals surface area (Å²) in [6.45, 7) is 7.92. The van der Waals surface area contributed by atoms with Crippen LogP contribution in [0.1, 0.15) is 51.6 Å². The van der Waals surface area contributed by atoms with Crippen LogP contribution in [-0.2, 0) is 0 Å². The first-order valence-corrected chi connectivity index (χ1v) is 7.94.